The minimum atomic E-state index is -0.326. The molecule has 0 radical (unpaired) electrons. The summed E-state index contributed by atoms with van der Waals surface area (Å²) in [4.78, 5) is 23.8. The van der Waals surface area contributed by atoms with Gasteiger partial charge in [0.25, 0.3) is 11.5 Å². The Hall–Kier alpha value is -2.47. The maximum Gasteiger partial charge on any atom is 0.271 e. The van der Waals surface area contributed by atoms with Gasteiger partial charge in [0.2, 0.25) is 0 Å². The zero-order chi connectivity index (χ0) is 16.7. The molecule has 0 bridgehead atoms. The summed E-state index contributed by atoms with van der Waals surface area (Å²) in [5, 5.41) is 6.89. The van der Waals surface area contributed by atoms with Gasteiger partial charge in [-0.3, -0.25) is 9.59 Å². The molecule has 0 aliphatic heterocycles. The van der Waals surface area contributed by atoms with Crippen molar-refractivity contribution >= 4 is 5.91 Å². The van der Waals surface area contributed by atoms with E-state index in [2.05, 4.69) is 10.4 Å². The van der Waals surface area contributed by atoms with Crippen LogP contribution < -0.4 is 10.9 Å². The summed E-state index contributed by atoms with van der Waals surface area (Å²) in [7, 11) is 1.60. The fourth-order valence-electron chi connectivity index (χ4n) is 2.22. The van der Waals surface area contributed by atoms with Crippen LogP contribution in [0.1, 0.15) is 35.5 Å². The maximum atomic E-state index is 12.2. The van der Waals surface area contributed by atoms with Crippen LogP contribution in [-0.4, -0.2) is 29.3 Å². The molecule has 6 heteroatoms. The number of benzene rings is 1. The third-order valence-corrected chi connectivity index (χ3v) is 3.44. The van der Waals surface area contributed by atoms with Gasteiger partial charge in [-0.15, -0.1) is 0 Å². The van der Waals surface area contributed by atoms with E-state index in [0.717, 1.165) is 12.0 Å². The number of hydrogen-bond acceptors (Lipinski definition) is 4. The first-order valence-corrected chi connectivity index (χ1v) is 7.59. The minimum absolute atomic E-state index is 0.206. The van der Waals surface area contributed by atoms with Crippen molar-refractivity contribution in [1.82, 2.24) is 15.1 Å². The van der Waals surface area contributed by atoms with E-state index in [0.29, 0.717) is 13.1 Å². The third-order valence-electron chi connectivity index (χ3n) is 3.44. The van der Waals surface area contributed by atoms with E-state index in [4.69, 9.17) is 4.74 Å². The van der Waals surface area contributed by atoms with Crippen molar-refractivity contribution < 1.29 is 9.53 Å². The Morgan fingerprint density at radius 2 is 2.00 bits per heavy atom. The van der Waals surface area contributed by atoms with E-state index in [1.54, 1.807) is 7.11 Å². The molecule has 1 heterocycles. The first-order chi connectivity index (χ1) is 11.2. The van der Waals surface area contributed by atoms with Crippen LogP contribution in [0.3, 0.4) is 0 Å². The number of nitrogens with zero attached hydrogens (tertiary/aromatic N) is 2. The average Bonchev–Trinajstić information content (AvgIpc) is 2.58. The van der Waals surface area contributed by atoms with Gasteiger partial charge in [-0.1, -0.05) is 37.3 Å². The van der Waals surface area contributed by atoms with E-state index >= 15 is 0 Å². The Balaban J connectivity index is 2.04. The van der Waals surface area contributed by atoms with Crippen molar-refractivity contribution in [2.75, 3.05) is 13.7 Å². The van der Waals surface area contributed by atoms with Crippen LogP contribution in [0.25, 0.3) is 0 Å². The Kier molecular flexibility index (Phi) is 6.05. The van der Waals surface area contributed by atoms with Gasteiger partial charge in [-0.2, -0.15) is 5.10 Å². The second kappa shape index (κ2) is 8.24. The number of rotatable bonds is 7. The van der Waals surface area contributed by atoms with E-state index in [-0.39, 0.29) is 23.3 Å². The molecular weight excluding hydrogens is 294 g/mol. The fraction of sp³-hybridized carbons (Fsp3) is 0.353. The van der Waals surface area contributed by atoms with Crippen molar-refractivity contribution in [1.29, 1.82) is 0 Å². The van der Waals surface area contributed by atoms with Crippen molar-refractivity contribution in [2.45, 2.75) is 26.0 Å². The van der Waals surface area contributed by atoms with E-state index in [1.165, 1.54) is 16.8 Å². The summed E-state index contributed by atoms with van der Waals surface area (Å²) in [6.45, 7) is 2.77. The highest BCUT2D eigenvalue weighted by molar-refractivity contribution is 5.92. The molecule has 2 aromatic rings. The summed E-state index contributed by atoms with van der Waals surface area (Å²) in [5.41, 5.74) is 1.00. The molecule has 122 valence electrons. The number of amides is 1. The smallest absolute Gasteiger partial charge is 0.271 e. The summed E-state index contributed by atoms with van der Waals surface area (Å²) < 4.78 is 6.72. The normalized spacial score (nSPS) is 11.9. The number of carbonyl (C=O) groups excluding carboxylic acids is 1. The van der Waals surface area contributed by atoms with E-state index in [9.17, 15) is 9.59 Å². The van der Waals surface area contributed by atoms with Crippen LogP contribution in [0, 0.1) is 0 Å². The molecule has 1 aromatic carbocycles. The Morgan fingerprint density at radius 1 is 1.26 bits per heavy atom. The molecular formula is C17H21N3O3. The summed E-state index contributed by atoms with van der Waals surface area (Å²) in [6, 6.07) is 12.5. The molecule has 0 saturated heterocycles. The van der Waals surface area contributed by atoms with Crippen LogP contribution in [0.4, 0.5) is 0 Å². The largest absolute Gasteiger partial charge is 0.375 e. The standard InChI is InChI=1S/C17H21N3O3/c1-3-11-20-16(21)10-9-14(19-20)17(22)18-12-15(23-2)13-7-5-4-6-8-13/h4-10,15H,3,11-12H2,1-2H3,(H,18,22). The van der Waals surface area contributed by atoms with Crippen LogP contribution in [-0.2, 0) is 11.3 Å². The van der Waals surface area contributed by atoms with Crippen LogP contribution >= 0.6 is 0 Å². The lowest BCUT2D eigenvalue weighted by Crippen LogP contribution is -2.32. The lowest BCUT2D eigenvalue weighted by atomic mass is 10.1. The van der Waals surface area contributed by atoms with E-state index < -0.39 is 0 Å². The molecule has 1 amide bonds. The van der Waals surface area contributed by atoms with Gasteiger partial charge in [-0.25, -0.2) is 4.68 Å². The maximum absolute atomic E-state index is 12.2. The third kappa shape index (κ3) is 4.50. The zero-order valence-electron chi connectivity index (χ0n) is 13.4. The number of hydrogen-bond donors (Lipinski definition) is 1. The second-order valence-electron chi connectivity index (χ2n) is 5.13. The average molecular weight is 315 g/mol. The lowest BCUT2D eigenvalue weighted by molar-refractivity contribution is 0.0822. The lowest BCUT2D eigenvalue weighted by Gasteiger charge is -2.16. The predicted molar refractivity (Wildman–Crippen MR) is 87.3 cm³/mol. The van der Waals surface area contributed by atoms with E-state index in [1.807, 2.05) is 37.3 Å². The number of ether oxygens (including phenoxy) is 1. The number of methoxy groups -OCH3 is 1. The molecule has 1 atom stereocenters. The molecule has 0 spiro atoms. The molecule has 1 aromatic heterocycles. The molecule has 23 heavy (non-hydrogen) atoms. The van der Waals surface area contributed by atoms with Gasteiger partial charge in [-0.05, 0) is 18.1 Å². The first-order valence-electron chi connectivity index (χ1n) is 7.59. The summed E-state index contributed by atoms with van der Waals surface area (Å²) >= 11 is 0. The molecule has 0 aliphatic carbocycles. The van der Waals surface area contributed by atoms with Crippen molar-refractivity contribution in [2.24, 2.45) is 0 Å². The molecule has 0 saturated carbocycles. The Morgan fingerprint density at radius 3 is 2.65 bits per heavy atom. The van der Waals surface area contributed by atoms with Crippen LogP contribution in [0.2, 0.25) is 0 Å². The first kappa shape index (κ1) is 16.9. The topological polar surface area (TPSA) is 73.2 Å². The van der Waals surface area contributed by atoms with Gasteiger partial charge in [0.15, 0.2) is 0 Å². The van der Waals surface area contributed by atoms with Crippen molar-refractivity contribution in [3.8, 4) is 0 Å². The van der Waals surface area contributed by atoms with Crippen molar-refractivity contribution in [3.05, 3.63) is 64.1 Å². The Labute approximate surface area is 135 Å². The highest BCUT2D eigenvalue weighted by Gasteiger charge is 2.14. The van der Waals surface area contributed by atoms with Gasteiger partial charge in [0.05, 0.1) is 6.10 Å². The van der Waals surface area contributed by atoms with Gasteiger partial charge < -0.3 is 10.1 Å². The number of aryl methyl sites for hydroxylation is 1. The second-order valence-corrected chi connectivity index (χ2v) is 5.13. The fourth-order valence-corrected chi connectivity index (χ4v) is 2.22. The monoisotopic (exact) mass is 315 g/mol. The minimum Gasteiger partial charge on any atom is -0.375 e. The van der Waals surface area contributed by atoms with Crippen molar-refractivity contribution in [3.63, 3.8) is 0 Å². The number of aromatic nitrogens is 2. The Bertz CT molecular complexity index is 698. The number of nitrogens with one attached hydrogen (secondary N) is 1. The molecule has 2 rings (SSSR count). The summed E-state index contributed by atoms with van der Waals surface area (Å²) in [6.07, 6.45) is 0.541. The van der Waals surface area contributed by atoms with Gasteiger partial charge in [0.1, 0.15) is 5.69 Å². The zero-order valence-corrected chi connectivity index (χ0v) is 13.4. The molecule has 0 aliphatic rings. The molecule has 0 fully saturated rings. The van der Waals surface area contributed by atoms with Crippen LogP contribution in [0.5, 0.6) is 0 Å². The van der Waals surface area contributed by atoms with Crippen LogP contribution in [0.15, 0.2) is 47.3 Å². The summed E-state index contributed by atoms with van der Waals surface area (Å²) in [5.74, 6) is -0.326. The molecule has 1 unspecified atom stereocenters. The van der Waals surface area contributed by atoms with Gasteiger partial charge in [0, 0.05) is 26.3 Å². The highest BCUT2D eigenvalue weighted by atomic mass is 16.5. The molecule has 6 nitrogen and oxygen atoms in total. The van der Waals surface area contributed by atoms with Gasteiger partial charge >= 0.3 is 0 Å². The molecule has 1 N–H and O–H groups in total. The highest BCUT2D eigenvalue weighted by Crippen LogP contribution is 2.14. The SMILES string of the molecule is CCCn1nc(C(=O)NCC(OC)c2ccccc2)ccc1=O. The quantitative estimate of drug-likeness (QED) is 0.845. The predicted octanol–water partition coefficient (Wildman–Crippen LogP) is 1.77. The number of carbonyl (C=O) groups is 1.